The van der Waals surface area contributed by atoms with Crippen LogP contribution >= 0.6 is 11.5 Å². The van der Waals surface area contributed by atoms with Gasteiger partial charge in [0.15, 0.2) is 22.2 Å². The van der Waals surface area contributed by atoms with Crippen molar-refractivity contribution in [2.45, 2.75) is 13.3 Å². The molecular weight excluding hydrogens is 333 g/mol. The number of phenolic OH excluding ortho intramolecular Hbond substituents is 1. The van der Waals surface area contributed by atoms with E-state index in [0.717, 1.165) is 29.1 Å². The molecule has 2 heterocycles. The normalized spacial score (nSPS) is 11.2. The van der Waals surface area contributed by atoms with Gasteiger partial charge in [0.25, 0.3) is 0 Å². The highest BCUT2D eigenvalue weighted by Gasteiger charge is 2.12. The lowest BCUT2D eigenvalue weighted by Gasteiger charge is -2.07. The SMILES string of the molecule is CCC(=O)Nc1cc(O)c(F)cc1N=Nc1snc2ncccc12. The minimum atomic E-state index is -0.853. The highest BCUT2D eigenvalue weighted by molar-refractivity contribution is 7.11. The second-order valence-corrected chi connectivity index (χ2v) is 5.54. The summed E-state index contributed by atoms with van der Waals surface area (Å²) in [4.78, 5) is 15.7. The standard InChI is InChI=1S/C15H12FN5O2S/c1-2-13(23)18-10-7-12(22)9(16)6-11(10)19-20-15-8-4-3-5-17-14(8)21-24-15/h3-7,22H,2H2,1H3,(H,18,23). The number of carbonyl (C=O) groups excluding carboxylic acids is 1. The fraction of sp³-hybridized carbons (Fsp3) is 0.133. The number of phenols is 1. The molecule has 9 heteroatoms. The Labute approximate surface area is 140 Å². The molecule has 1 amide bonds. The third-order valence-corrected chi connectivity index (χ3v) is 3.88. The summed E-state index contributed by atoms with van der Waals surface area (Å²) in [6, 6.07) is 5.66. The van der Waals surface area contributed by atoms with Gasteiger partial charge in [-0.1, -0.05) is 6.92 Å². The van der Waals surface area contributed by atoms with Gasteiger partial charge in [0.05, 0.1) is 11.1 Å². The largest absolute Gasteiger partial charge is 0.505 e. The molecule has 1 aromatic carbocycles. The molecule has 0 radical (unpaired) electrons. The molecule has 0 fully saturated rings. The van der Waals surface area contributed by atoms with Crippen molar-refractivity contribution < 1.29 is 14.3 Å². The van der Waals surface area contributed by atoms with Gasteiger partial charge in [0.1, 0.15) is 5.69 Å². The van der Waals surface area contributed by atoms with E-state index in [1.165, 1.54) is 0 Å². The zero-order chi connectivity index (χ0) is 17.1. The van der Waals surface area contributed by atoms with Crippen LogP contribution in [0, 0.1) is 5.82 Å². The number of benzene rings is 1. The lowest BCUT2D eigenvalue weighted by molar-refractivity contribution is -0.115. The van der Waals surface area contributed by atoms with Gasteiger partial charge in [0.2, 0.25) is 5.91 Å². The second-order valence-electron chi connectivity index (χ2n) is 4.78. The van der Waals surface area contributed by atoms with Crippen molar-refractivity contribution in [2.75, 3.05) is 5.32 Å². The maximum absolute atomic E-state index is 13.6. The molecule has 24 heavy (non-hydrogen) atoms. The second kappa shape index (κ2) is 6.67. The van der Waals surface area contributed by atoms with E-state index in [1.54, 1.807) is 25.3 Å². The van der Waals surface area contributed by atoms with Crippen LogP contribution in [-0.2, 0) is 4.79 Å². The van der Waals surface area contributed by atoms with Crippen LogP contribution in [0.1, 0.15) is 13.3 Å². The molecule has 3 aromatic rings. The third-order valence-electron chi connectivity index (χ3n) is 3.14. The van der Waals surface area contributed by atoms with E-state index in [2.05, 4.69) is 24.9 Å². The maximum Gasteiger partial charge on any atom is 0.224 e. The minimum absolute atomic E-state index is 0.0949. The number of halogens is 1. The number of rotatable bonds is 4. The first-order chi connectivity index (χ1) is 11.6. The summed E-state index contributed by atoms with van der Waals surface area (Å²) in [6.07, 6.45) is 1.86. The van der Waals surface area contributed by atoms with Crippen molar-refractivity contribution in [3.8, 4) is 5.75 Å². The molecular formula is C15H12FN5O2S. The monoisotopic (exact) mass is 345 g/mol. The zero-order valence-corrected chi connectivity index (χ0v) is 13.3. The number of pyridine rings is 1. The van der Waals surface area contributed by atoms with Crippen LogP contribution < -0.4 is 5.32 Å². The van der Waals surface area contributed by atoms with Crippen molar-refractivity contribution in [3.05, 3.63) is 36.3 Å². The number of fused-ring (bicyclic) bond motifs is 1. The van der Waals surface area contributed by atoms with Crippen molar-refractivity contribution in [1.82, 2.24) is 9.36 Å². The average molecular weight is 345 g/mol. The molecule has 0 saturated heterocycles. The summed E-state index contributed by atoms with van der Waals surface area (Å²) in [6.45, 7) is 1.68. The Morgan fingerprint density at radius 3 is 3.04 bits per heavy atom. The van der Waals surface area contributed by atoms with Crippen LogP contribution in [0.4, 0.5) is 20.8 Å². The lowest BCUT2D eigenvalue weighted by Crippen LogP contribution is -2.09. The molecule has 3 rings (SSSR count). The van der Waals surface area contributed by atoms with Gasteiger partial charge in [-0.05, 0) is 23.7 Å². The molecule has 0 unspecified atom stereocenters. The quantitative estimate of drug-likeness (QED) is 0.688. The van der Waals surface area contributed by atoms with Gasteiger partial charge >= 0.3 is 0 Å². The Morgan fingerprint density at radius 2 is 2.25 bits per heavy atom. The van der Waals surface area contributed by atoms with E-state index in [4.69, 9.17) is 0 Å². The Bertz CT molecular complexity index is 941. The molecule has 7 nitrogen and oxygen atoms in total. The molecule has 0 atom stereocenters. The van der Waals surface area contributed by atoms with Crippen LogP contribution in [0.25, 0.3) is 11.0 Å². The van der Waals surface area contributed by atoms with E-state index < -0.39 is 11.6 Å². The molecule has 2 N–H and O–H groups in total. The molecule has 0 aliphatic carbocycles. The zero-order valence-electron chi connectivity index (χ0n) is 12.5. The van der Waals surface area contributed by atoms with Crippen LogP contribution in [0.2, 0.25) is 0 Å². The predicted octanol–water partition coefficient (Wildman–Crippen LogP) is 4.30. The van der Waals surface area contributed by atoms with Crippen molar-refractivity contribution in [2.24, 2.45) is 10.2 Å². The number of aromatic nitrogens is 2. The molecule has 0 saturated carbocycles. The molecule has 2 aromatic heterocycles. The Morgan fingerprint density at radius 1 is 1.42 bits per heavy atom. The molecule has 0 aliphatic rings. The molecule has 0 bridgehead atoms. The van der Waals surface area contributed by atoms with Crippen LogP contribution in [0.5, 0.6) is 5.75 Å². The first kappa shape index (κ1) is 15.9. The summed E-state index contributed by atoms with van der Waals surface area (Å²) in [7, 11) is 0. The number of aromatic hydroxyl groups is 1. The van der Waals surface area contributed by atoms with Crippen molar-refractivity contribution >= 4 is 44.8 Å². The summed E-state index contributed by atoms with van der Waals surface area (Å²) in [5.74, 6) is -1.72. The number of azo groups is 1. The maximum atomic E-state index is 13.6. The topological polar surface area (TPSA) is 99.8 Å². The number of amides is 1. The Hall–Kier alpha value is -2.94. The van der Waals surface area contributed by atoms with Crippen LogP contribution in [0.15, 0.2) is 40.7 Å². The van der Waals surface area contributed by atoms with E-state index in [1.807, 2.05) is 0 Å². The number of hydrogen-bond donors (Lipinski definition) is 2. The summed E-state index contributed by atoms with van der Waals surface area (Å²) in [5, 5.41) is 21.3. The van der Waals surface area contributed by atoms with Gasteiger partial charge in [-0.15, -0.1) is 10.2 Å². The molecule has 0 spiro atoms. The lowest BCUT2D eigenvalue weighted by atomic mass is 10.2. The fourth-order valence-corrected chi connectivity index (χ4v) is 2.57. The Balaban J connectivity index is 1.99. The van der Waals surface area contributed by atoms with Gasteiger partial charge in [-0.2, -0.15) is 4.37 Å². The summed E-state index contributed by atoms with van der Waals surface area (Å²) >= 11 is 1.11. The van der Waals surface area contributed by atoms with Gasteiger partial charge < -0.3 is 10.4 Å². The highest BCUT2D eigenvalue weighted by atomic mass is 32.1. The van der Waals surface area contributed by atoms with Crippen molar-refractivity contribution in [3.63, 3.8) is 0 Å². The number of anilines is 1. The number of hydrogen-bond acceptors (Lipinski definition) is 7. The summed E-state index contributed by atoms with van der Waals surface area (Å²) in [5.41, 5.74) is 0.821. The number of carbonyl (C=O) groups is 1. The van der Waals surface area contributed by atoms with Crippen LogP contribution in [-0.4, -0.2) is 20.4 Å². The first-order valence-corrected chi connectivity index (χ1v) is 7.80. The van der Waals surface area contributed by atoms with E-state index >= 15 is 0 Å². The average Bonchev–Trinajstić information content (AvgIpc) is 3.00. The molecule has 122 valence electrons. The smallest absolute Gasteiger partial charge is 0.224 e. The van der Waals surface area contributed by atoms with Gasteiger partial charge in [0, 0.05) is 24.8 Å². The van der Waals surface area contributed by atoms with Gasteiger partial charge in [-0.3, -0.25) is 4.79 Å². The molecule has 0 aliphatic heterocycles. The number of nitrogens with one attached hydrogen (secondary N) is 1. The van der Waals surface area contributed by atoms with Crippen LogP contribution in [0.3, 0.4) is 0 Å². The van der Waals surface area contributed by atoms with Crippen molar-refractivity contribution in [1.29, 1.82) is 0 Å². The predicted molar refractivity (Wildman–Crippen MR) is 88.6 cm³/mol. The van der Waals surface area contributed by atoms with E-state index in [0.29, 0.717) is 10.6 Å². The minimum Gasteiger partial charge on any atom is -0.505 e. The third kappa shape index (κ3) is 3.20. The summed E-state index contributed by atoms with van der Waals surface area (Å²) < 4.78 is 17.8. The van der Waals surface area contributed by atoms with E-state index in [-0.39, 0.29) is 23.7 Å². The highest BCUT2D eigenvalue weighted by Crippen LogP contribution is 2.35. The fourth-order valence-electron chi connectivity index (χ4n) is 1.92. The van der Waals surface area contributed by atoms with Gasteiger partial charge in [-0.25, -0.2) is 9.37 Å². The number of nitrogens with zero attached hydrogens (tertiary/aromatic N) is 4. The first-order valence-electron chi connectivity index (χ1n) is 7.03. The van der Waals surface area contributed by atoms with E-state index in [9.17, 15) is 14.3 Å². The Kier molecular flexibility index (Phi) is 4.43.